The van der Waals surface area contributed by atoms with Crippen LogP contribution in [0.15, 0.2) is 24.5 Å². The lowest BCUT2D eigenvalue weighted by Crippen LogP contribution is -2.55. The van der Waals surface area contributed by atoms with E-state index >= 15 is 0 Å². The van der Waals surface area contributed by atoms with E-state index in [1.165, 1.54) is 0 Å². The van der Waals surface area contributed by atoms with Crippen molar-refractivity contribution in [1.29, 1.82) is 0 Å². The molecule has 0 bridgehead atoms. The van der Waals surface area contributed by atoms with E-state index in [0.717, 1.165) is 18.4 Å². The van der Waals surface area contributed by atoms with Crippen LogP contribution < -0.4 is 5.32 Å². The average molecular weight is 305 g/mol. The lowest BCUT2D eigenvalue weighted by atomic mass is 9.84. The number of hydrogen-bond donors (Lipinski definition) is 2. The molecule has 2 N–H and O–H groups in total. The van der Waals surface area contributed by atoms with Crippen LogP contribution in [0.25, 0.3) is 0 Å². The summed E-state index contributed by atoms with van der Waals surface area (Å²) in [6.07, 6.45) is 5.02. The Kier molecular flexibility index (Phi) is 5.49. The third-order valence-electron chi connectivity index (χ3n) is 4.30. The fraction of sp³-hybridized carbons (Fsp3) is 0.562. The van der Waals surface area contributed by atoms with Crippen LogP contribution in [-0.4, -0.2) is 52.0 Å². The molecular weight excluding hydrogens is 282 g/mol. The molecule has 1 saturated carbocycles. The van der Waals surface area contributed by atoms with Crippen molar-refractivity contribution in [3.63, 3.8) is 0 Å². The summed E-state index contributed by atoms with van der Waals surface area (Å²) in [7, 11) is 0. The SMILES string of the molecule is CCN(CC(=O)O)C1CC(NC(=O)C(C)c2cccnc2)C1. The number of nitrogens with zero attached hydrogens (tertiary/aromatic N) is 2. The number of likely N-dealkylation sites (N-methyl/N-ethyl adjacent to an activating group) is 1. The highest BCUT2D eigenvalue weighted by Gasteiger charge is 2.35. The second-order valence-corrected chi connectivity index (χ2v) is 5.80. The van der Waals surface area contributed by atoms with Crippen molar-refractivity contribution in [2.45, 2.75) is 44.7 Å². The van der Waals surface area contributed by atoms with Gasteiger partial charge in [-0.05, 0) is 37.9 Å². The number of aromatic nitrogens is 1. The summed E-state index contributed by atoms with van der Waals surface area (Å²) in [4.78, 5) is 29.0. The van der Waals surface area contributed by atoms with Crippen molar-refractivity contribution in [2.24, 2.45) is 0 Å². The van der Waals surface area contributed by atoms with Crippen LogP contribution in [0.2, 0.25) is 0 Å². The number of aliphatic carboxylic acids is 1. The first-order chi connectivity index (χ1) is 10.5. The van der Waals surface area contributed by atoms with Crippen molar-refractivity contribution < 1.29 is 14.7 Å². The van der Waals surface area contributed by atoms with Gasteiger partial charge in [-0.3, -0.25) is 19.5 Å². The molecule has 6 nitrogen and oxygen atoms in total. The minimum Gasteiger partial charge on any atom is -0.480 e. The smallest absolute Gasteiger partial charge is 0.317 e. The van der Waals surface area contributed by atoms with Gasteiger partial charge in [0, 0.05) is 24.5 Å². The molecule has 1 amide bonds. The van der Waals surface area contributed by atoms with Crippen LogP contribution in [0.5, 0.6) is 0 Å². The molecule has 0 aliphatic heterocycles. The highest BCUT2D eigenvalue weighted by molar-refractivity contribution is 5.83. The maximum atomic E-state index is 12.2. The number of hydrogen-bond acceptors (Lipinski definition) is 4. The minimum atomic E-state index is -0.806. The molecule has 1 aromatic heterocycles. The van der Waals surface area contributed by atoms with Crippen LogP contribution in [-0.2, 0) is 9.59 Å². The molecule has 22 heavy (non-hydrogen) atoms. The Morgan fingerprint density at radius 1 is 1.50 bits per heavy atom. The number of nitrogens with one attached hydrogen (secondary N) is 1. The number of carboxylic acids is 1. The molecule has 1 aliphatic rings. The minimum absolute atomic E-state index is 0.00210. The molecule has 0 spiro atoms. The van der Waals surface area contributed by atoms with Crippen molar-refractivity contribution >= 4 is 11.9 Å². The molecule has 6 heteroatoms. The van der Waals surface area contributed by atoms with E-state index in [1.54, 1.807) is 12.4 Å². The van der Waals surface area contributed by atoms with Gasteiger partial charge in [-0.25, -0.2) is 0 Å². The highest BCUT2D eigenvalue weighted by Crippen LogP contribution is 2.26. The monoisotopic (exact) mass is 305 g/mol. The maximum Gasteiger partial charge on any atom is 0.317 e. The second kappa shape index (κ2) is 7.35. The van der Waals surface area contributed by atoms with Gasteiger partial charge in [0.05, 0.1) is 12.5 Å². The first-order valence-electron chi connectivity index (χ1n) is 7.67. The van der Waals surface area contributed by atoms with Crippen LogP contribution in [0.4, 0.5) is 0 Å². The van der Waals surface area contributed by atoms with Gasteiger partial charge in [0.1, 0.15) is 0 Å². The van der Waals surface area contributed by atoms with E-state index in [9.17, 15) is 9.59 Å². The normalized spacial score (nSPS) is 22.0. The summed E-state index contributed by atoms with van der Waals surface area (Å²) in [5, 5.41) is 11.9. The van der Waals surface area contributed by atoms with Gasteiger partial charge in [-0.1, -0.05) is 13.0 Å². The zero-order chi connectivity index (χ0) is 16.1. The number of carboxylic acid groups (broad SMARTS) is 1. The van der Waals surface area contributed by atoms with Gasteiger partial charge in [0.15, 0.2) is 0 Å². The van der Waals surface area contributed by atoms with Gasteiger partial charge in [0.2, 0.25) is 5.91 Å². The molecule has 2 rings (SSSR count). The first kappa shape index (κ1) is 16.4. The molecule has 0 saturated heterocycles. The molecule has 1 unspecified atom stereocenters. The lowest BCUT2D eigenvalue weighted by molar-refractivity contribution is -0.139. The van der Waals surface area contributed by atoms with Crippen molar-refractivity contribution in [3.8, 4) is 0 Å². The molecular formula is C16H23N3O3. The van der Waals surface area contributed by atoms with E-state index < -0.39 is 5.97 Å². The third-order valence-corrected chi connectivity index (χ3v) is 4.30. The molecule has 1 fully saturated rings. The number of pyridine rings is 1. The zero-order valence-corrected chi connectivity index (χ0v) is 13.0. The summed E-state index contributed by atoms with van der Waals surface area (Å²) >= 11 is 0. The number of rotatable bonds is 7. The van der Waals surface area contributed by atoms with Crippen molar-refractivity contribution in [2.75, 3.05) is 13.1 Å². The van der Waals surface area contributed by atoms with Crippen LogP contribution in [0, 0.1) is 0 Å². The zero-order valence-electron chi connectivity index (χ0n) is 13.0. The van der Waals surface area contributed by atoms with Gasteiger partial charge in [-0.2, -0.15) is 0 Å². The molecule has 1 aliphatic carbocycles. The summed E-state index contributed by atoms with van der Waals surface area (Å²) in [6, 6.07) is 4.11. The molecule has 0 aromatic carbocycles. The van der Waals surface area contributed by atoms with Crippen LogP contribution in [0.1, 0.15) is 38.2 Å². The van der Waals surface area contributed by atoms with Crippen molar-refractivity contribution in [3.05, 3.63) is 30.1 Å². The predicted molar refractivity (Wildman–Crippen MR) is 82.5 cm³/mol. The summed E-state index contributed by atoms with van der Waals surface area (Å²) in [5.41, 5.74) is 0.900. The van der Waals surface area contributed by atoms with E-state index in [4.69, 9.17) is 5.11 Å². The Bertz CT molecular complexity index is 515. The molecule has 1 aromatic rings. The summed E-state index contributed by atoms with van der Waals surface area (Å²) in [5.74, 6) is -1.04. The molecule has 0 radical (unpaired) electrons. The fourth-order valence-corrected chi connectivity index (χ4v) is 2.79. The Morgan fingerprint density at radius 3 is 2.77 bits per heavy atom. The van der Waals surface area contributed by atoms with E-state index in [1.807, 2.05) is 30.9 Å². The third kappa shape index (κ3) is 4.04. The van der Waals surface area contributed by atoms with Gasteiger partial charge >= 0.3 is 5.97 Å². The fourth-order valence-electron chi connectivity index (χ4n) is 2.79. The van der Waals surface area contributed by atoms with Gasteiger partial charge in [0.25, 0.3) is 0 Å². The van der Waals surface area contributed by atoms with Crippen LogP contribution >= 0.6 is 0 Å². The maximum absolute atomic E-state index is 12.2. The van der Waals surface area contributed by atoms with E-state index in [0.29, 0.717) is 6.54 Å². The lowest BCUT2D eigenvalue weighted by Gasteiger charge is -2.42. The number of carbonyl (C=O) groups is 2. The Balaban J connectivity index is 1.79. The standard InChI is InChI=1S/C16H23N3O3/c1-3-19(10-15(20)21)14-7-13(8-14)18-16(22)11(2)12-5-4-6-17-9-12/h4-6,9,11,13-14H,3,7-8,10H2,1-2H3,(H,18,22)(H,20,21). The topological polar surface area (TPSA) is 82.5 Å². The average Bonchev–Trinajstić information content (AvgIpc) is 2.48. The second-order valence-electron chi connectivity index (χ2n) is 5.80. The molecule has 1 heterocycles. The quantitative estimate of drug-likeness (QED) is 0.792. The Hall–Kier alpha value is -1.95. The predicted octanol–water partition coefficient (Wildman–Crippen LogP) is 1.24. The summed E-state index contributed by atoms with van der Waals surface area (Å²) < 4.78 is 0. The largest absolute Gasteiger partial charge is 0.480 e. The van der Waals surface area contributed by atoms with Crippen molar-refractivity contribution in [1.82, 2.24) is 15.2 Å². The van der Waals surface area contributed by atoms with E-state index in [-0.39, 0.29) is 30.5 Å². The van der Waals surface area contributed by atoms with Crippen LogP contribution in [0.3, 0.4) is 0 Å². The highest BCUT2D eigenvalue weighted by atomic mass is 16.4. The molecule has 1 atom stereocenters. The number of carbonyl (C=O) groups excluding carboxylic acids is 1. The van der Waals surface area contributed by atoms with Gasteiger partial charge < -0.3 is 10.4 Å². The first-order valence-corrected chi connectivity index (χ1v) is 7.67. The van der Waals surface area contributed by atoms with E-state index in [2.05, 4.69) is 10.3 Å². The Morgan fingerprint density at radius 2 is 2.23 bits per heavy atom. The number of amides is 1. The Labute approximate surface area is 130 Å². The van der Waals surface area contributed by atoms with Gasteiger partial charge in [-0.15, -0.1) is 0 Å². The summed E-state index contributed by atoms with van der Waals surface area (Å²) in [6.45, 7) is 4.60. The molecule has 120 valence electrons.